The molecule has 1 atom stereocenters. The summed E-state index contributed by atoms with van der Waals surface area (Å²) in [5.41, 5.74) is 2.04. The molecule has 1 unspecified atom stereocenters. The third-order valence-corrected chi connectivity index (χ3v) is 4.06. The van der Waals surface area contributed by atoms with Crippen LogP contribution in [0.2, 0.25) is 0 Å². The van der Waals surface area contributed by atoms with Gasteiger partial charge in [-0.25, -0.2) is 9.18 Å². The molecule has 0 aliphatic rings. The number of para-hydroxylation sites is 1. The number of carbonyl (C=O) groups is 1. The van der Waals surface area contributed by atoms with E-state index >= 15 is 0 Å². The predicted octanol–water partition coefficient (Wildman–Crippen LogP) is 4.49. The summed E-state index contributed by atoms with van der Waals surface area (Å²) in [6.07, 6.45) is 1.59. The normalized spacial score (nSPS) is 11.6. The number of hydrogen-bond donors (Lipinski definition) is 0. The van der Waals surface area contributed by atoms with E-state index in [0.717, 1.165) is 12.0 Å². The molecule has 0 amide bonds. The molecule has 4 nitrogen and oxygen atoms in total. The number of rotatable bonds is 7. The van der Waals surface area contributed by atoms with Crippen LogP contribution in [0.5, 0.6) is 5.75 Å². The highest BCUT2D eigenvalue weighted by molar-refractivity contribution is 5.72. The maximum atomic E-state index is 13.6. The van der Waals surface area contributed by atoms with E-state index in [1.165, 1.54) is 12.1 Å². The molecule has 3 aromatic rings. The van der Waals surface area contributed by atoms with Crippen LogP contribution in [-0.4, -0.2) is 17.6 Å². The highest BCUT2D eigenvalue weighted by Crippen LogP contribution is 2.25. The smallest absolute Gasteiger partial charge is 0.345 e. The van der Waals surface area contributed by atoms with Crippen molar-refractivity contribution in [1.82, 2.24) is 4.98 Å². The van der Waals surface area contributed by atoms with Gasteiger partial charge in [0.05, 0.1) is 5.69 Å². The summed E-state index contributed by atoms with van der Waals surface area (Å²) >= 11 is 0. The number of carbonyl (C=O) groups excluding carboxylic acids is 1. The third-order valence-electron chi connectivity index (χ3n) is 4.06. The first-order valence-corrected chi connectivity index (χ1v) is 8.74. The Kier molecular flexibility index (Phi) is 6.15. The number of aromatic nitrogens is 1. The van der Waals surface area contributed by atoms with Crippen molar-refractivity contribution in [3.05, 3.63) is 95.6 Å². The number of pyridine rings is 1. The quantitative estimate of drug-likeness (QED) is 0.579. The van der Waals surface area contributed by atoms with Crippen molar-refractivity contribution in [3.63, 3.8) is 0 Å². The van der Waals surface area contributed by atoms with Crippen molar-refractivity contribution in [1.29, 1.82) is 0 Å². The fourth-order valence-corrected chi connectivity index (χ4v) is 2.74. The van der Waals surface area contributed by atoms with Gasteiger partial charge in [0.2, 0.25) is 0 Å². The highest BCUT2D eigenvalue weighted by Gasteiger charge is 2.21. The fraction of sp³-hybridized carbons (Fsp3) is 0.182. The monoisotopic (exact) mass is 365 g/mol. The molecule has 1 aromatic heterocycles. The molecule has 0 aliphatic heterocycles. The van der Waals surface area contributed by atoms with E-state index in [1.54, 1.807) is 36.5 Å². The summed E-state index contributed by atoms with van der Waals surface area (Å²) in [4.78, 5) is 16.6. The van der Waals surface area contributed by atoms with Gasteiger partial charge in [0.15, 0.2) is 12.7 Å². The molecule has 0 spiro atoms. The molecule has 0 N–H and O–H groups in total. The lowest BCUT2D eigenvalue weighted by Gasteiger charge is -2.18. The molecule has 1 heterocycles. The zero-order chi connectivity index (χ0) is 19.1. The Hall–Kier alpha value is -3.21. The van der Waals surface area contributed by atoms with E-state index < -0.39 is 17.9 Å². The standard InChI is InChI=1S/C22H20FNO3/c1-2-16-8-3-4-12-20(16)26-15-21(25)27-22(19-11-5-6-13-24-19)17-9-7-10-18(23)14-17/h3-14,22H,2,15H2,1H3. The van der Waals surface area contributed by atoms with E-state index in [9.17, 15) is 9.18 Å². The van der Waals surface area contributed by atoms with Gasteiger partial charge in [-0.1, -0.05) is 43.3 Å². The first-order valence-electron chi connectivity index (χ1n) is 8.74. The van der Waals surface area contributed by atoms with Gasteiger partial charge in [-0.2, -0.15) is 0 Å². The van der Waals surface area contributed by atoms with E-state index in [0.29, 0.717) is 17.0 Å². The van der Waals surface area contributed by atoms with Gasteiger partial charge < -0.3 is 9.47 Å². The van der Waals surface area contributed by atoms with E-state index in [-0.39, 0.29) is 6.61 Å². The lowest BCUT2D eigenvalue weighted by Crippen LogP contribution is -2.20. The highest BCUT2D eigenvalue weighted by atomic mass is 19.1. The Bertz CT molecular complexity index is 899. The van der Waals surface area contributed by atoms with Crippen LogP contribution in [0, 0.1) is 5.82 Å². The van der Waals surface area contributed by atoms with Crippen molar-refractivity contribution in [3.8, 4) is 5.75 Å². The summed E-state index contributed by atoms with van der Waals surface area (Å²) in [6.45, 7) is 1.78. The van der Waals surface area contributed by atoms with Crippen molar-refractivity contribution < 1.29 is 18.7 Å². The van der Waals surface area contributed by atoms with Crippen LogP contribution in [0.4, 0.5) is 4.39 Å². The summed E-state index contributed by atoms with van der Waals surface area (Å²) in [7, 11) is 0. The fourth-order valence-electron chi connectivity index (χ4n) is 2.74. The number of esters is 1. The van der Waals surface area contributed by atoms with Gasteiger partial charge in [0.1, 0.15) is 11.6 Å². The molecule has 3 rings (SSSR count). The SMILES string of the molecule is CCc1ccccc1OCC(=O)OC(c1cccc(F)c1)c1ccccn1. The first kappa shape index (κ1) is 18.6. The Morgan fingerprint density at radius 1 is 1.07 bits per heavy atom. The van der Waals surface area contributed by atoms with Crippen LogP contribution in [0.25, 0.3) is 0 Å². The summed E-state index contributed by atoms with van der Waals surface area (Å²) in [5.74, 6) is -0.310. The molecule has 27 heavy (non-hydrogen) atoms. The van der Waals surface area contributed by atoms with Crippen molar-refractivity contribution >= 4 is 5.97 Å². The number of aryl methyl sites for hydroxylation is 1. The van der Waals surface area contributed by atoms with Gasteiger partial charge in [0, 0.05) is 11.8 Å². The average molecular weight is 365 g/mol. The predicted molar refractivity (Wildman–Crippen MR) is 99.9 cm³/mol. The minimum Gasteiger partial charge on any atom is -0.482 e. The minimum absolute atomic E-state index is 0.240. The number of nitrogens with zero attached hydrogens (tertiary/aromatic N) is 1. The molecular weight excluding hydrogens is 345 g/mol. The zero-order valence-electron chi connectivity index (χ0n) is 15.0. The number of hydrogen-bond acceptors (Lipinski definition) is 4. The lowest BCUT2D eigenvalue weighted by molar-refractivity contribution is -0.150. The van der Waals surface area contributed by atoms with Crippen LogP contribution < -0.4 is 4.74 Å². The van der Waals surface area contributed by atoms with Crippen LogP contribution >= 0.6 is 0 Å². The number of benzene rings is 2. The maximum absolute atomic E-state index is 13.6. The molecular formula is C22H20FNO3. The molecule has 2 aromatic carbocycles. The third kappa shape index (κ3) is 4.91. The minimum atomic E-state index is -0.806. The number of halogens is 1. The molecule has 5 heteroatoms. The van der Waals surface area contributed by atoms with Gasteiger partial charge in [0.25, 0.3) is 0 Å². The second-order valence-corrected chi connectivity index (χ2v) is 5.93. The van der Waals surface area contributed by atoms with E-state index in [1.807, 2.05) is 31.2 Å². The average Bonchev–Trinajstić information content (AvgIpc) is 2.71. The van der Waals surface area contributed by atoms with E-state index in [2.05, 4.69) is 4.98 Å². The van der Waals surface area contributed by atoms with Crippen LogP contribution in [0.1, 0.15) is 29.8 Å². The maximum Gasteiger partial charge on any atom is 0.345 e. The molecule has 0 saturated heterocycles. The molecule has 0 bridgehead atoms. The molecule has 0 fully saturated rings. The van der Waals surface area contributed by atoms with Crippen LogP contribution in [0.3, 0.4) is 0 Å². The molecule has 0 radical (unpaired) electrons. The van der Waals surface area contributed by atoms with Gasteiger partial charge in [-0.3, -0.25) is 4.98 Å². The van der Waals surface area contributed by atoms with E-state index in [4.69, 9.17) is 9.47 Å². The van der Waals surface area contributed by atoms with Crippen LogP contribution in [0.15, 0.2) is 72.9 Å². The van der Waals surface area contributed by atoms with Crippen molar-refractivity contribution in [2.24, 2.45) is 0 Å². The lowest BCUT2D eigenvalue weighted by atomic mass is 10.1. The summed E-state index contributed by atoms with van der Waals surface area (Å²) in [6, 6.07) is 18.8. The van der Waals surface area contributed by atoms with Crippen molar-refractivity contribution in [2.75, 3.05) is 6.61 Å². The largest absolute Gasteiger partial charge is 0.482 e. The van der Waals surface area contributed by atoms with Gasteiger partial charge in [-0.15, -0.1) is 0 Å². The molecule has 138 valence electrons. The Labute approximate surface area is 157 Å². The Balaban J connectivity index is 1.75. The van der Waals surface area contributed by atoms with Gasteiger partial charge in [-0.05, 0) is 42.3 Å². The molecule has 0 saturated carbocycles. The second-order valence-electron chi connectivity index (χ2n) is 5.93. The topological polar surface area (TPSA) is 48.4 Å². The first-order chi connectivity index (χ1) is 13.2. The number of ether oxygens (including phenoxy) is 2. The zero-order valence-corrected chi connectivity index (χ0v) is 15.0. The van der Waals surface area contributed by atoms with Gasteiger partial charge >= 0.3 is 5.97 Å². The summed E-state index contributed by atoms with van der Waals surface area (Å²) < 4.78 is 24.8. The molecule has 0 aliphatic carbocycles. The Morgan fingerprint density at radius 2 is 1.89 bits per heavy atom. The summed E-state index contributed by atoms with van der Waals surface area (Å²) in [5, 5.41) is 0. The van der Waals surface area contributed by atoms with Crippen LogP contribution in [-0.2, 0) is 16.0 Å². The second kappa shape index (κ2) is 8.94. The van der Waals surface area contributed by atoms with Crippen molar-refractivity contribution in [2.45, 2.75) is 19.4 Å². The Morgan fingerprint density at radius 3 is 2.63 bits per heavy atom.